The van der Waals surface area contributed by atoms with E-state index in [4.69, 9.17) is 19.3 Å². The first-order chi connectivity index (χ1) is 16.9. The molecule has 1 N–H and O–H groups in total. The van der Waals surface area contributed by atoms with Crippen LogP contribution in [0.5, 0.6) is 23.3 Å². The lowest BCUT2D eigenvalue weighted by Crippen LogP contribution is -2.41. The predicted molar refractivity (Wildman–Crippen MR) is 125 cm³/mol. The maximum absolute atomic E-state index is 14.8. The molecular formula is C25H27FN4O5. The number of ether oxygens (including phenoxy) is 3. The number of aromatic nitrogens is 3. The van der Waals surface area contributed by atoms with E-state index in [1.165, 1.54) is 17.3 Å². The fourth-order valence-corrected chi connectivity index (χ4v) is 3.91. The van der Waals surface area contributed by atoms with Gasteiger partial charge in [-0.25, -0.2) is 19.2 Å². The molecule has 3 aromatic rings. The molecule has 2 aromatic heterocycles. The van der Waals surface area contributed by atoms with Crippen molar-refractivity contribution in [1.82, 2.24) is 19.9 Å². The number of carboxylic acid groups (broad SMARTS) is 1. The third kappa shape index (κ3) is 5.95. The topological polar surface area (TPSA) is 107 Å². The van der Waals surface area contributed by atoms with Crippen molar-refractivity contribution in [2.24, 2.45) is 0 Å². The van der Waals surface area contributed by atoms with Crippen molar-refractivity contribution in [3.63, 3.8) is 0 Å². The first-order valence-electron chi connectivity index (χ1n) is 11.3. The van der Waals surface area contributed by atoms with Crippen molar-refractivity contribution in [2.45, 2.75) is 38.7 Å². The number of carbonyl (C=O) groups is 1. The zero-order valence-electron chi connectivity index (χ0n) is 19.6. The molecule has 184 valence electrons. The molecule has 0 saturated carbocycles. The van der Waals surface area contributed by atoms with Crippen molar-refractivity contribution in [3.8, 4) is 23.3 Å². The Morgan fingerprint density at radius 3 is 2.60 bits per heavy atom. The molecule has 4 rings (SSSR count). The summed E-state index contributed by atoms with van der Waals surface area (Å²) in [6.45, 7) is 2.54. The van der Waals surface area contributed by atoms with E-state index < -0.39 is 11.9 Å². The SMILES string of the molecule is COc1cccnc1CCc1ccc(Oc2ncnc(OC3CCN(C(=O)O)CC3)c2C)c(F)c1. The highest BCUT2D eigenvalue weighted by molar-refractivity contribution is 5.65. The van der Waals surface area contributed by atoms with Crippen molar-refractivity contribution >= 4 is 6.09 Å². The van der Waals surface area contributed by atoms with Gasteiger partial charge in [-0.2, -0.15) is 0 Å². The van der Waals surface area contributed by atoms with Crippen molar-refractivity contribution in [1.29, 1.82) is 0 Å². The monoisotopic (exact) mass is 482 g/mol. The molecule has 1 amide bonds. The Morgan fingerprint density at radius 2 is 1.89 bits per heavy atom. The summed E-state index contributed by atoms with van der Waals surface area (Å²) in [4.78, 5) is 25.1. The molecule has 0 atom stereocenters. The lowest BCUT2D eigenvalue weighted by Gasteiger charge is -2.30. The van der Waals surface area contributed by atoms with Crippen molar-refractivity contribution in [2.75, 3.05) is 20.2 Å². The number of pyridine rings is 1. The van der Waals surface area contributed by atoms with E-state index in [-0.39, 0.29) is 17.7 Å². The van der Waals surface area contributed by atoms with Gasteiger partial charge in [0.25, 0.3) is 0 Å². The quantitative estimate of drug-likeness (QED) is 0.503. The third-order valence-corrected chi connectivity index (χ3v) is 5.90. The van der Waals surface area contributed by atoms with E-state index in [0.29, 0.717) is 56.0 Å². The van der Waals surface area contributed by atoms with Crippen LogP contribution in [0.25, 0.3) is 0 Å². The van der Waals surface area contributed by atoms with Gasteiger partial charge in [0, 0.05) is 32.1 Å². The number of hydrogen-bond donors (Lipinski definition) is 1. The van der Waals surface area contributed by atoms with E-state index in [1.807, 2.05) is 12.1 Å². The summed E-state index contributed by atoms with van der Waals surface area (Å²) in [5.41, 5.74) is 2.16. The van der Waals surface area contributed by atoms with Gasteiger partial charge < -0.3 is 24.2 Å². The number of amides is 1. The Balaban J connectivity index is 1.39. The average Bonchev–Trinajstić information content (AvgIpc) is 2.87. The molecule has 0 spiro atoms. The third-order valence-electron chi connectivity index (χ3n) is 5.90. The van der Waals surface area contributed by atoms with E-state index >= 15 is 0 Å². The lowest BCUT2D eigenvalue weighted by atomic mass is 10.1. The van der Waals surface area contributed by atoms with Crippen LogP contribution < -0.4 is 14.2 Å². The van der Waals surface area contributed by atoms with E-state index in [2.05, 4.69) is 15.0 Å². The van der Waals surface area contributed by atoms with Gasteiger partial charge in [0.15, 0.2) is 11.6 Å². The fraction of sp³-hybridized carbons (Fsp3) is 0.360. The second-order valence-electron chi connectivity index (χ2n) is 8.21. The molecule has 10 heteroatoms. The number of likely N-dealkylation sites (tertiary alicyclic amines) is 1. The fourth-order valence-electron chi connectivity index (χ4n) is 3.91. The van der Waals surface area contributed by atoms with Crippen LogP contribution in [0.15, 0.2) is 42.9 Å². The largest absolute Gasteiger partial charge is 0.495 e. The van der Waals surface area contributed by atoms with Crippen LogP contribution >= 0.6 is 0 Å². The van der Waals surface area contributed by atoms with E-state index in [9.17, 15) is 9.18 Å². The summed E-state index contributed by atoms with van der Waals surface area (Å²) in [5, 5.41) is 9.09. The van der Waals surface area contributed by atoms with E-state index in [1.54, 1.807) is 32.4 Å². The standard InChI is InChI=1S/C25H27FN4O5/c1-16-23(34-18-9-12-30(13-10-18)25(31)32)28-15-29-24(16)35-21-8-6-17(14-19(21)26)5-7-20-22(33-2)4-3-11-27-20/h3-4,6,8,11,14-15,18H,5,7,9-10,12-13H2,1-2H3,(H,31,32). The summed E-state index contributed by atoms with van der Waals surface area (Å²) in [7, 11) is 1.60. The molecule has 1 saturated heterocycles. The molecule has 1 aliphatic heterocycles. The summed E-state index contributed by atoms with van der Waals surface area (Å²) >= 11 is 0. The summed E-state index contributed by atoms with van der Waals surface area (Å²) in [6.07, 6.45) is 4.24. The van der Waals surface area contributed by atoms with Gasteiger partial charge in [-0.15, -0.1) is 0 Å². The minimum absolute atomic E-state index is 0.0479. The van der Waals surface area contributed by atoms with Gasteiger partial charge in [0.2, 0.25) is 11.8 Å². The number of halogens is 1. The molecule has 9 nitrogen and oxygen atoms in total. The Bertz CT molecular complexity index is 1180. The molecule has 1 fully saturated rings. The summed E-state index contributed by atoms with van der Waals surface area (Å²) in [5.74, 6) is 0.786. The van der Waals surface area contributed by atoms with Crippen LogP contribution in [0.1, 0.15) is 29.7 Å². The smallest absolute Gasteiger partial charge is 0.407 e. The minimum Gasteiger partial charge on any atom is -0.495 e. The normalized spacial score (nSPS) is 14.0. The van der Waals surface area contributed by atoms with E-state index in [0.717, 1.165) is 11.3 Å². The lowest BCUT2D eigenvalue weighted by molar-refractivity contribution is 0.0864. The molecule has 1 aromatic carbocycles. The number of benzene rings is 1. The Labute approximate surface area is 202 Å². The van der Waals surface area contributed by atoms with Crippen molar-refractivity contribution in [3.05, 3.63) is 65.5 Å². The van der Waals surface area contributed by atoms with Crippen LogP contribution in [-0.2, 0) is 12.8 Å². The molecular weight excluding hydrogens is 455 g/mol. The van der Waals surface area contributed by atoms with Gasteiger partial charge in [0.05, 0.1) is 18.4 Å². The van der Waals surface area contributed by atoms with Gasteiger partial charge >= 0.3 is 6.09 Å². The summed E-state index contributed by atoms with van der Waals surface area (Å²) < 4.78 is 31.9. The maximum Gasteiger partial charge on any atom is 0.407 e. The highest BCUT2D eigenvalue weighted by Gasteiger charge is 2.25. The Hall–Kier alpha value is -3.95. The van der Waals surface area contributed by atoms with Gasteiger partial charge in [-0.05, 0) is 49.6 Å². The predicted octanol–water partition coefficient (Wildman–Crippen LogP) is 4.43. The summed E-state index contributed by atoms with van der Waals surface area (Å²) in [6, 6.07) is 8.47. The second kappa shape index (κ2) is 11.0. The van der Waals surface area contributed by atoms with Gasteiger partial charge in [0.1, 0.15) is 18.2 Å². The zero-order chi connectivity index (χ0) is 24.8. The number of rotatable bonds is 8. The molecule has 3 heterocycles. The molecule has 0 bridgehead atoms. The number of aryl methyl sites for hydroxylation is 2. The molecule has 0 aliphatic carbocycles. The minimum atomic E-state index is -0.929. The molecule has 0 radical (unpaired) electrons. The number of piperidine rings is 1. The van der Waals surface area contributed by atoms with Gasteiger partial charge in [-0.1, -0.05) is 6.07 Å². The number of nitrogens with zero attached hydrogens (tertiary/aromatic N) is 4. The van der Waals surface area contributed by atoms with Crippen LogP contribution in [0.3, 0.4) is 0 Å². The first-order valence-corrected chi connectivity index (χ1v) is 11.3. The van der Waals surface area contributed by atoms with Crippen LogP contribution in [0.2, 0.25) is 0 Å². The van der Waals surface area contributed by atoms with Gasteiger partial charge in [-0.3, -0.25) is 4.98 Å². The Morgan fingerprint density at radius 1 is 1.11 bits per heavy atom. The van der Waals surface area contributed by atoms with Crippen LogP contribution in [-0.4, -0.2) is 57.4 Å². The highest BCUT2D eigenvalue weighted by Crippen LogP contribution is 2.31. The van der Waals surface area contributed by atoms with Crippen LogP contribution in [0, 0.1) is 12.7 Å². The Kier molecular flexibility index (Phi) is 7.59. The molecule has 1 aliphatic rings. The number of hydrogen-bond acceptors (Lipinski definition) is 7. The van der Waals surface area contributed by atoms with Crippen molar-refractivity contribution < 1.29 is 28.5 Å². The number of methoxy groups -OCH3 is 1. The maximum atomic E-state index is 14.8. The van der Waals surface area contributed by atoms with Crippen LogP contribution in [0.4, 0.5) is 9.18 Å². The zero-order valence-corrected chi connectivity index (χ0v) is 19.6. The second-order valence-corrected chi connectivity index (χ2v) is 8.21. The highest BCUT2D eigenvalue weighted by atomic mass is 19.1. The molecule has 0 unspecified atom stereocenters. The average molecular weight is 483 g/mol. The first kappa shape index (κ1) is 24.2. The molecule has 35 heavy (non-hydrogen) atoms.